The average Bonchev–Trinajstić information content (AvgIpc) is 2.67. The first-order valence-corrected chi connectivity index (χ1v) is 8.17. The van der Waals surface area contributed by atoms with Crippen LogP contribution >= 0.6 is 11.6 Å². The minimum atomic E-state index is -0.0616. The van der Waals surface area contributed by atoms with Crippen LogP contribution in [0, 0.1) is 0 Å². The van der Waals surface area contributed by atoms with Crippen molar-refractivity contribution < 1.29 is 15.1 Å². The van der Waals surface area contributed by atoms with Gasteiger partial charge in [0, 0.05) is 21.7 Å². The van der Waals surface area contributed by atoms with Gasteiger partial charge in [-0.05, 0) is 41.5 Å². The zero-order chi connectivity index (χ0) is 18.7. The van der Waals surface area contributed by atoms with E-state index in [1.54, 1.807) is 43.5 Å². The third-order valence-corrected chi connectivity index (χ3v) is 4.26. The Morgan fingerprint density at radius 2 is 1.73 bits per heavy atom. The van der Waals surface area contributed by atoms with Gasteiger partial charge >= 0.3 is 0 Å². The van der Waals surface area contributed by atoms with Crippen LogP contribution in [0.15, 0.2) is 65.8 Å². The minimum absolute atomic E-state index is 0.0616. The molecular formula is C20H17ClN2O3. The number of benzene rings is 3. The Morgan fingerprint density at radius 1 is 1.04 bits per heavy atom. The molecule has 0 saturated carbocycles. The Morgan fingerprint density at radius 3 is 2.38 bits per heavy atom. The molecule has 0 aromatic heterocycles. The second-order valence-corrected chi connectivity index (χ2v) is 6.04. The predicted octanol–water partition coefficient (Wildman–Crippen LogP) is 4.48. The Bertz CT molecular complexity index is 969. The van der Waals surface area contributed by atoms with Crippen molar-refractivity contribution in [1.29, 1.82) is 0 Å². The smallest absolute Gasteiger partial charge is 0.170 e. The number of phenols is 1. The van der Waals surface area contributed by atoms with Gasteiger partial charge < -0.3 is 20.8 Å². The highest BCUT2D eigenvalue weighted by molar-refractivity contribution is 6.31. The largest absolute Gasteiger partial charge is 0.508 e. The molecule has 0 aliphatic heterocycles. The zero-order valence-corrected chi connectivity index (χ0v) is 14.7. The summed E-state index contributed by atoms with van der Waals surface area (Å²) in [6, 6.07) is 17.6. The Labute approximate surface area is 155 Å². The van der Waals surface area contributed by atoms with Crippen LogP contribution in [0.3, 0.4) is 0 Å². The summed E-state index contributed by atoms with van der Waals surface area (Å²) >= 11 is 6.29. The molecule has 3 aromatic rings. The Kier molecular flexibility index (Phi) is 5.00. The molecule has 0 radical (unpaired) electrons. The van der Waals surface area contributed by atoms with Gasteiger partial charge in [0.25, 0.3) is 0 Å². The summed E-state index contributed by atoms with van der Waals surface area (Å²) in [5.74, 6) is 0.738. The van der Waals surface area contributed by atoms with Gasteiger partial charge in [0.05, 0.1) is 7.11 Å². The van der Waals surface area contributed by atoms with E-state index in [4.69, 9.17) is 22.1 Å². The van der Waals surface area contributed by atoms with Crippen molar-refractivity contribution >= 4 is 17.4 Å². The fraction of sp³-hybridized carbons (Fsp3) is 0.0500. The van der Waals surface area contributed by atoms with Crippen LogP contribution in [0.25, 0.3) is 22.3 Å². The number of methoxy groups -OCH3 is 1. The number of nitrogens with two attached hydrogens (primary N) is 1. The van der Waals surface area contributed by atoms with E-state index in [0.717, 1.165) is 16.7 Å². The summed E-state index contributed by atoms with van der Waals surface area (Å²) in [5, 5.41) is 22.4. The lowest BCUT2D eigenvalue weighted by molar-refractivity contribution is 0.318. The molecule has 0 atom stereocenters. The lowest BCUT2D eigenvalue weighted by atomic mass is 9.89. The molecule has 0 spiro atoms. The fourth-order valence-electron chi connectivity index (χ4n) is 2.87. The third kappa shape index (κ3) is 3.30. The molecule has 6 heteroatoms. The second-order valence-electron chi connectivity index (χ2n) is 5.61. The van der Waals surface area contributed by atoms with Crippen LogP contribution in [-0.4, -0.2) is 23.3 Å². The van der Waals surface area contributed by atoms with Crippen LogP contribution in [0.1, 0.15) is 5.56 Å². The van der Waals surface area contributed by atoms with E-state index in [0.29, 0.717) is 21.9 Å². The normalized spacial score (nSPS) is 11.4. The number of halogens is 1. The maximum Gasteiger partial charge on any atom is 0.170 e. The number of aromatic hydroxyl groups is 1. The number of para-hydroxylation sites is 1. The van der Waals surface area contributed by atoms with Crippen molar-refractivity contribution in [3.8, 4) is 33.8 Å². The number of phenolic OH excluding ortho intramolecular Hbond substituents is 1. The first-order valence-electron chi connectivity index (χ1n) is 7.79. The van der Waals surface area contributed by atoms with Crippen LogP contribution in [-0.2, 0) is 0 Å². The van der Waals surface area contributed by atoms with Crippen molar-refractivity contribution in [2.75, 3.05) is 7.11 Å². The molecule has 0 unspecified atom stereocenters. The standard InChI is InChI=1S/C20H17ClN2O3/c1-26-18-5-3-2-4-15(18)19-16(12-6-8-14(24)9-7-12)10-13(21)11-17(19)20(22)23-25/h2-11,24-25H,1H3,(H2,22,23). The van der Waals surface area contributed by atoms with Gasteiger partial charge in [-0.25, -0.2) is 0 Å². The lowest BCUT2D eigenvalue weighted by Crippen LogP contribution is -2.15. The second kappa shape index (κ2) is 7.37. The van der Waals surface area contributed by atoms with Gasteiger partial charge in [-0.15, -0.1) is 0 Å². The topological polar surface area (TPSA) is 88.1 Å². The SMILES string of the molecule is COc1ccccc1-c1c(/C(N)=N/O)cc(Cl)cc1-c1ccc(O)cc1. The number of amidine groups is 1. The van der Waals surface area contributed by atoms with Crippen molar-refractivity contribution in [1.82, 2.24) is 0 Å². The van der Waals surface area contributed by atoms with E-state index in [-0.39, 0.29) is 11.6 Å². The average molecular weight is 369 g/mol. The monoisotopic (exact) mass is 368 g/mol. The van der Waals surface area contributed by atoms with E-state index >= 15 is 0 Å². The molecule has 4 N–H and O–H groups in total. The molecule has 0 amide bonds. The van der Waals surface area contributed by atoms with E-state index in [2.05, 4.69) is 5.16 Å². The summed E-state index contributed by atoms with van der Waals surface area (Å²) in [5.41, 5.74) is 9.48. The molecule has 3 aromatic carbocycles. The molecule has 0 heterocycles. The molecule has 0 bridgehead atoms. The van der Waals surface area contributed by atoms with Gasteiger partial charge in [0.15, 0.2) is 5.84 Å². The maximum absolute atomic E-state index is 9.59. The molecule has 3 rings (SSSR count). The van der Waals surface area contributed by atoms with Crippen LogP contribution in [0.5, 0.6) is 11.5 Å². The number of nitrogens with zero attached hydrogens (tertiary/aromatic N) is 1. The number of rotatable bonds is 4. The molecule has 0 aliphatic rings. The zero-order valence-electron chi connectivity index (χ0n) is 14.0. The first kappa shape index (κ1) is 17.6. The Hall–Kier alpha value is -3.18. The van der Waals surface area contributed by atoms with E-state index in [9.17, 15) is 10.3 Å². The molecule has 0 fully saturated rings. The van der Waals surface area contributed by atoms with Crippen molar-refractivity contribution in [2.45, 2.75) is 0 Å². The van der Waals surface area contributed by atoms with Crippen molar-refractivity contribution in [3.63, 3.8) is 0 Å². The molecule has 26 heavy (non-hydrogen) atoms. The maximum atomic E-state index is 9.59. The van der Waals surface area contributed by atoms with Gasteiger partial charge in [-0.2, -0.15) is 0 Å². The van der Waals surface area contributed by atoms with E-state index < -0.39 is 0 Å². The van der Waals surface area contributed by atoms with Crippen LogP contribution < -0.4 is 10.5 Å². The van der Waals surface area contributed by atoms with Gasteiger partial charge in [0.1, 0.15) is 11.5 Å². The first-order chi connectivity index (χ1) is 12.5. The molecule has 0 saturated heterocycles. The van der Waals surface area contributed by atoms with Gasteiger partial charge in [-0.3, -0.25) is 0 Å². The van der Waals surface area contributed by atoms with E-state index in [1.807, 2.05) is 24.3 Å². The highest BCUT2D eigenvalue weighted by Gasteiger charge is 2.19. The Balaban J connectivity index is 2.40. The summed E-state index contributed by atoms with van der Waals surface area (Å²) < 4.78 is 5.49. The van der Waals surface area contributed by atoms with Gasteiger partial charge in [-0.1, -0.05) is 47.1 Å². The quantitative estimate of drug-likeness (QED) is 0.274. The van der Waals surface area contributed by atoms with E-state index in [1.165, 1.54) is 0 Å². The van der Waals surface area contributed by atoms with Crippen molar-refractivity contribution in [2.24, 2.45) is 10.9 Å². The number of oxime groups is 1. The molecule has 132 valence electrons. The van der Waals surface area contributed by atoms with Crippen LogP contribution in [0.4, 0.5) is 0 Å². The summed E-state index contributed by atoms with van der Waals surface area (Å²) in [7, 11) is 1.58. The van der Waals surface area contributed by atoms with Gasteiger partial charge in [0.2, 0.25) is 0 Å². The minimum Gasteiger partial charge on any atom is -0.508 e. The lowest BCUT2D eigenvalue weighted by Gasteiger charge is -2.18. The molecule has 0 aliphatic carbocycles. The predicted molar refractivity (Wildman–Crippen MR) is 103 cm³/mol. The highest BCUT2D eigenvalue weighted by Crippen LogP contribution is 2.41. The summed E-state index contributed by atoms with van der Waals surface area (Å²) in [6.45, 7) is 0. The third-order valence-electron chi connectivity index (χ3n) is 4.04. The summed E-state index contributed by atoms with van der Waals surface area (Å²) in [6.07, 6.45) is 0. The number of hydrogen-bond donors (Lipinski definition) is 3. The van der Waals surface area contributed by atoms with Crippen molar-refractivity contribution in [3.05, 3.63) is 71.2 Å². The molecule has 5 nitrogen and oxygen atoms in total. The highest BCUT2D eigenvalue weighted by atomic mass is 35.5. The number of hydrogen-bond acceptors (Lipinski definition) is 4. The summed E-state index contributed by atoms with van der Waals surface area (Å²) in [4.78, 5) is 0. The fourth-order valence-corrected chi connectivity index (χ4v) is 3.09. The number of ether oxygens (including phenoxy) is 1. The van der Waals surface area contributed by atoms with Crippen LogP contribution in [0.2, 0.25) is 5.02 Å². The molecular weight excluding hydrogens is 352 g/mol.